The highest BCUT2D eigenvalue weighted by molar-refractivity contribution is 5.85. The quantitative estimate of drug-likeness (QED) is 0.623. The van der Waals surface area contributed by atoms with Crippen LogP contribution >= 0.6 is 24.8 Å². The van der Waals surface area contributed by atoms with Crippen LogP contribution in [0.4, 0.5) is 0 Å². The first-order valence-electron chi connectivity index (χ1n) is 3.12. The van der Waals surface area contributed by atoms with Gasteiger partial charge in [-0.05, 0) is 19.4 Å². The maximum Gasteiger partial charge on any atom is 0.136 e. The summed E-state index contributed by atoms with van der Waals surface area (Å²) in [6.07, 6.45) is 4.46. The Balaban J connectivity index is 0. The summed E-state index contributed by atoms with van der Waals surface area (Å²) >= 11 is 0. The fourth-order valence-corrected chi connectivity index (χ4v) is 0.995. The monoisotopic (exact) mass is 185 g/mol. The maximum absolute atomic E-state index is 10.1. The normalized spacial score (nSPS) is 23.8. The van der Waals surface area contributed by atoms with Gasteiger partial charge in [0.1, 0.15) is 6.29 Å². The molecule has 0 aromatic carbocycles. The molecule has 0 radical (unpaired) electrons. The van der Waals surface area contributed by atoms with Crippen LogP contribution in [0, 0.1) is 0 Å². The van der Waals surface area contributed by atoms with E-state index in [9.17, 15) is 4.79 Å². The summed E-state index contributed by atoms with van der Waals surface area (Å²) in [7, 11) is 0. The molecule has 62 valence electrons. The van der Waals surface area contributed by atoms with E-state index in [1.165, 1.54) is 12.8 Å². The molecule has 4 heteroatoms. The van der Waals surface area contributed by atoms with E-state index in [-0.39, 0.29) is 30.9 Å². The number of hydrogen-bond donors (Lipinski definition) is 1. The number of carbonyl (C=O) groups excluding carboxylic acids is 1. The highest BCUT2D eigenvalue weighted by atomic mass is 35.5. The van der Waals surface area contributed by atoms with Gasteiger partial charge in [0.25, 0.3) is 0 Å². The lowest BCUT2D eigenvalue weighted by atomic mass is 10.1. The lowest BCUT2D eigenvalue weighted by Crippen LogP contribution is -2.34. The average Bonchev–Trinajstić information content (AvgIpc) is 1.90. The molecule has 1 fully saturated rings. The third kappa shape index (κ3) is 4.09. The molecule has 1 rings (SSSR count). The van der Waals surface area contributed by atoms with Crippen LogP contribution in [0.2, 0.25) is 0 Å². The Morgan fingerprint density at radius 1 is 1.30 bits per heavy atom. The van der Waals surface area contributed by atoms with Crippen molar-refractivity contribution in [3.63, 3.8) is 0 Å². The number of aldehydes is 1. The Bertz CT molecular complexity index is 83.8. The van der Waals surface area contributed by atoms with E-state index < -0.39 is 0 Å². The number of halogens is 2. The molecular weight excluding hydrogens is 173 g/mol. The minimum atomic E-state index is 0. The largest absolute Gasteiger partial charge is 0.308 e. The molecule has 1 atom stereocenters. The molecule has 0 aromatic rings. The first-order chi connectivity index (χ1) is 3.93. The molecule has 1 aliphatic heterocycles. The van der Waals surface area contributed by atoms with Crippen molar-refractivity contribution in [3.05, 3.63) is 0 Å². The van der Waals surface area contributed by atoms with E-state index in [4.69, 9.17) is 0 Å². The van der Waals surface area contributed by atoms with Crippen molar-refractivity contribution in [1.82, 2.24) is 5.32 Å². The summed E-state index contributed by atoms with van der Waals surface area (Å²) in [6.45, 7) is 1.02. The number of rotatable bonds is 1. The predicted octanol–water partition coefficient (Wildman–Crippen LogP) is 1.17. The van der Waals surface area contributed by atoms with Crippen molar-refractivity contribution >= 4 is 31.1 Å². The van der Waals surface area contributed by atoms with Gasteiger partial charge in [0.2, 0.25) is 0 Å². The van der Waals surface area contributed by atoms with Crippen molar-refractivity contribution in [2.45, 2.75) is 25.3 Å². The molecule has 0 spiro atoms. The minimum absolute atomic E-state index is 0. The first kappa shape index (κ1) is 12.8. The van der Waals surface area contributed by atoms with Gasteiger partial charge in [0.05, 0.1) is 6.04 Å². The van der Waals surface area contributed by atoms with E-state index >= 15 is 0 Å². The zero-order chi connectivity index (χ0) is 5.82. The van der Waals surface area contributed by atoms with Crippen molar-refractivity contribution in [2.75, 3.05) is 6.54 Å². The molecule has 1 N–H and O–H groups in total. The van der Waals surface area contributed by atoms with Gasteiger partial charge in [-0.15, -0.1) is 24.8 Å². The Hall–Kier alpha value is 0.210. The molecule has 0 unspecified atom stereocenters. The van der Waals surface area contributed by atoms with Crippen molar-refractivity contribution in [1.29, 1.82) is 0 Å². The summed E-state index contributed by atoms with van der Waals surface area (Å²) in [5.74, 6) is 0. The van der Waals surface area contributed by atoms with Crippen LogP contribution in [-0.2, 0) is 4.79 Å². The van der Waals surface area contributed by atoms with Crippen LogP contribution in [0.15, 0.2) is 0 Å². The number of nitrogens with one attached hydrogen (secondary N) is 1. The molecule has 0 aromatic heterocycles. The van der Waals surface area contributed by atoms with Crippen LogP contribution in [0.1, 0.15) is 19.3 Å². The SMILES string of the molecule is Cl.Cl.O=C[C@@H]1CCCCN1. The summed E-state index contributed by atoms with van der Waals surface area (Å²) in [4.78, 5) is 10.1. The fraction of sp³-hybridized carbons (Fsp3) is 0.833. The number of piperidine rings is 1. The zero-order valence-electron chi connectivity index (χ0n) is 5.71. The van der Waals surface area contributed by atoms with Gasteiger partial charge < -0.3 is 10.1 Å². The molecule has 0 aliphatic carbocycles. The Morgan fingerprint density at radius 3 is 2.30 bits per heavy atom. The van der Waals surface area contributed by atoms with Gasteiger partial charge in [-0.1, -0.05) is 6.42 Å². The van der Waals surface area contributed by atoms with Gasteiger partial charge in [-0.3, -0.25) is 0 Å². The van der Waals surface area contributed by atoms with Crippen molar-refractivity contribution < 1.29 is 4.79 Å². The molecule has 2 nitrogen and oxygen atoms in total. The van der Waals surface area contributed by atoms with Gasteiger partial charge in [0.15, 0.2) is 0 Å². The van der Waals surface area contributed by atoms with E-state index in [1.54, 1.807) is 0 Å². The van der Waals surface area contributed by atoms with Crippen LogP contribution in [0.3, 0.4) is 0 Å². The van der Waals surface area contributed by atoms with Gasteiger partial charge >= 0.3 is 0 Å². The predicted molar refractivity (Wildman–Crippen MR) is 46.2 cm³/mol. The Labute approximate surface area is 73.6 Å². The molecule has 0 bridgehead atoms. The van der Waals surface area contributed by atoms with Gasteiger partial charge in [-0.2, -0.15) is 0 Å². The van der Waals surface area contributed by atoms with Crippen LogP contribution < -0.4 is 5.32 Å². The Kier molecular flexibility index (Phi) is 9.40. The molecule has 10 heavy (non-hydrogen) atoms. The summed E-state index contributed by atoms with van der Waals surface area (Å²) in [5, 5.41) is 3.10. The maximum atomic E-state index is 10.1. The molecule has 1 heterocycles. The summed E-state index contributed by atoms with van der Waals surface area (Å²) in [6, 6.07) is 0.156. The second kappa shape index (κ2) is 7.32. The van der Waals surface area contributed by atoms with E-state index in [2.05, 4.69) is 5.32 Å². The fourth-order valence-electron chi connectivity index (χ4n) is 0.995. The standard InChI is InChI=1S/C6H11NO.2ClH/c8-5-6-3-1-2-4-7-6;;/h5-7H,1-4H2;2*1H/t6-;;/m0../s1. The topological polar surface area (TPSA) is 29.1 Å². The third-order valence-corrected chi connectivity index (χ3v) is 1.51. The van der Waals surface area contributed by atoms with Crippen LogP contribution in [0.5, 0.6) is 0 Å². The average molecular weight is 186 g/mol. The number of hydrogen-bond acceptors (Lipinski definition) is 2. The first-order valence-corrected chi connectivity index (χ1v) is 3.12. The highest BCUT2D eigenvalue weighted by Crippen LogP contribution is 2.03. The van der Waals surface area contributed by atoms with E-state index in [0.717, 1.165) is 19.3 Å². The van der Waals surface area contributed by atoms with Crippen molar-refractivity contribution in [2.24, 2.45) is 0 Å². The summed E-state index contributed by atoms with van der Waals surface area (Å²) in [5.41, 5.74) is 0. The molecule has 1 saturated heterocycles. The molecule has 0 amide bonds. The van der Waals surface area contributed by atoms with E-state index in [0.29, 0.717) is 0 Å². The second-order valence-corrected chi connectivity index (χ2v) is 2.19. The second-order valence-electron chi connectivity index (χ2n) is 2.19. The lowest BCUT2D eigenvalue weighted by molar-refractivity contribution is -0.110. The molecule has 0 saturated carbocycles. The van der Waals surface area contributed by atoms with Gasteiger partial charge in [-0.25, -0.2) is 0 Å². The summed E-state index contributed by atoms with van der Waals surface area (Å²) < 4.78 is 0. The minimum Gasteiger partial charge on any atom is -0.308 e. The lowest BCUT2D eigenvalue weighted by Gasteiger charge is -2.17. The Morgan fingerprint density at radius 2 is 2.00 bits per heavy atom. The number of carbonyl (C=O) groups is 1. The molecular formula is C6H13Cl2NO. The van der Waals surface area contributed by atoms with Gasteiger partial charge in [0, 0.05) is 0 Å². The smallest absolute Gasteiger partial charge is 0.136 e. The highest BCUT2D eigenvalue weighted by Gasteiger charge is 2.09. The zero-order valence-corrected chi connectivity index (χ0v) is 7.34. The van der Waals surface area contributed by atoms with E-state index in [1.807, 2.05) is 0 Å². The van der Waals surface area contributed by atoms with Crippen LogP contribution in [-0.4, -0.2) is 18.9 Å². The third-order valence-electron chi connectivity index (χ3n) is 1.51. The van der Waals surface area contributed by atoms with Crippen molar-refractivity contribution in [3.8, 4) is 0 Å². The molecule has 1 aliphatic rings. The van der Waals surface area contributed by atoms with Crippen LogP contribution in [0.25, 0.3) is 0 Å².